The Morgan fingerprint density at radius 1 is 1.22 bits per heavy atom. The number of furan rings is 1. The Morgan fingerprint density at radius 2 is 1.96 bits per heavy atom. The number of amides is 1. The van der Waals surface area contributed by atoms with Crippen LogP contribution in [0.3, 0.4) is 0 Å². The first-order chi connectivity index (χ1) is 11.1. The lowest BCUT2D eigenvalue weighted by atomic mass is 10.2. The fourth-order valence-corrected chi connectivity index (χ4v) is 2.51. The summed E-state index contributed by atoms with van der Waals surface area (Å²) in [5.74, 6) is 1.18. The zero-order valence-corrected chi connectivity index (χ0v) is 14.2. The van der Waals surface area contributed by atoms with Gasteiger partial charge < -0.3 is 14.5 Å². The molecule has 1 unspecified atom stereocenters. The van der Waals surface area contributed by atoms with E-state index in [-0.39, 0.29) is 18.6 Å². The molecular weight excluding hydrogens is 358 g/mol. The van der Waals surface area contributed by atoms with E-state index in [1.54, 1.807) is 12.1 Å². The van der Waals surface area contributed by atoms with Gasteiger partial charge in [0.1, 0.15) is 17.1 Å². The standard InChI is InChI=1S/C18H16BrNO3/c1-12(17-10-13-4-2-3-5-16(13)23-17)20-18(21)11-22-15-8-6-14(19)7-9-15/h2-10,12H,11H2,1H3,(H,20,21). The smallest absolute Gasteiger partial charge is 0.258 e. The van der Waals surface area contributed by atoms with E-state index in [0.29, 0.717) is 5.75 Å². The molecule has 1 aromatic heterocycles. The van der Waals surface area contributed by atoms with E-state index in [2.05, 4.69) is 21.2 Å². The molecule has 0 spiro atoms. The monoisotopic (exact) mass is 373 g/mol. The van der Waals surface area contributed by atoms with E-state index in [4.69, 9.17) is 9.15 Å². The lowest BCUT2D eigenvalue weighted by Crippen LogP contribution is -2.31. The predicted molar refractivity (Wildman–Crippen MR) is 92.4 cm³/mol. The van der Waals surface area contributed by atoms with E-state index in [9.17, 15) is 4.79 Å². The second kappa shape index (κ2) is 6.87. The van der Waals surface area contributed by atoms with Gasteiger partial charge in [0.05, 0.1) is 6.04 Å². The summed E-state index contributed by atoms with van der Waals surface area (Å²) in [7, 11) is 0. The Labute approximate surface area is 142 Å². The van der Waals surface area contributed by atoms with Crippen LogP contribution in [0.4, 0.5) is 0 Å². The van der Waals surface area contributed by atoms with Crippen LogP contribution in [0.25, 0.3) is 11.0 Å². The molecule has 5 heteroatoms. The summed E-state index contributed by atoms with van der Waals surface area (Å²) in [5.41, 5.74) is 0.815. The van der Waals surface area contributed by atoms with E-state index in [0.717, 1.165) is 21.2 Å². The number of benzene rings is 2. The third-order valence-corrected chi connectivity index (χ3v) is 3.96. The molecule has 23 heavy (non-hydrogen) atoms. The quantitative estimate of drug-likeness (QED) is 0.718. The SMILES string of the molecule is CC(NC(=O)COc1ccc(Br)cc1)c1cc2ccccc2o1. The molecule has 4 nitrogen and oxygen atoms in total. The van der Waals surface area contributed by atoms with Gasteiger partial charge in [0.15, 0.2) is 6.61 Å². The van der Waals surface area contributed by atoms with Crippen molar-refractivity contribution in [2.45, 2.75) is 13.0 Å². The van der Waals surface area contributed by atoms with Crippen molar-refractivity contribution in [3.8, 4) is 5.75 Å². The maximum Gasteiger partial charge on any atom is 0.258 e. The van der Waals surface area contributed by atoms with E-state index in [1.807, 2.05) is 49.4 Å². The molecule has 2 aromatic carbocycles. The van der Waals surface area contributed by atoms with Crippen molar-refractivity contribution < 1.29 is 13.9 Å². The molecule has 118 valence electrons. The van der Waals surface area contributed by atoms with Gasteiger partial charge in [0.25, 0.3) is 5.91 Å². The summed E-state index contributed by atoms with van der Waals surface area (Å²) in [6.07, 6.45) is 0. The van der Waals surface area contributed by atoms with Crippen LogP contribution >= 0.6 is 15.9 Å². The predicted octanol–water partition coefficient (Wildman–Crippen LogP) is 4.45. The van der Waals surface area contributed by atoms with Crippen LogP contribution in [-0.2, 0) is 4.79 Å². The van der Waals surface area contributed by atoms with Gasteiger partial charge in [-0.25, -0.2) is 0 Å². The van der Waals surface area contributed by atoms with Gasteiger partial charge in [-0.05, 0) is 43.3 Å². The first-order valence-electron chi connectivity index (χ1n) is 7.28. The van der Waals surface area contributed by atoms with Crippen molar-refractivity contribution in [3.05, 3.63) is 64.8 Å². The molecule has 1 atom stereocenters. The number of nitrogens with one attached hydrogen (secondary N) is 1. The summed E-state index contributed by atoms with van der Waals surface area (Å²) in [6.45, 7) is 1.85. The third kappa shape index (κ3) is 3.93. The zero-order chi connectivity index (χ0) is 16.2. The summed E-state index contributed by atoms with van der Waals surface area (Å²) in [4.78, 5) is 12.0. The number of halogens is 1. The molecule has 0 aliphatic rings. The van der Waals surface area contributed by atoms with Gasteiger partial charge >= 0.3 is 0 Å². The number of fused-ring (bicyclic) bond motifs is 1. The topological polar surface area (TPSA) is 51.5 Å². The lowest BCUT2D eigenvalue weighted by molar-refractivity contribution is -0.123. The largest absolute Gasteiger partial charge is 0.484 e. The number of para-hydroxylation sites is 1. The normalized spacial score (nSPS) is 12.1. The molecule has 0 bridgehead atoms. The first-order valence-corrected chi connectivity index (χ1v) is 8.07. The van der Waals surface area contributed by atoms with E-state index >= 15 is 0 Å². The van der Waals surface area contributed by atoms with E-state index in [1.165, 1.54) is 0 Å². The number of hydrogen-bond donors (Lipinski definition) is 1. The Kier molecular flexibility index (Phi) is 4.67. The van der Waals surface area contributed by atoms with Crippen LogP contribution in [-0.4, -0.2) is 12.5 Å². The number of hydrogen-bond acceptors (Lipinski definition) is 3. The first kappa shape index (κ1) is 15.6. The number of carbonyl (C=O) groups is 1. The van der Waals surface area contributed by atoms with Gasteiger partial charge in [-0.2, -0.15) is 0 Å². The molecule has 1 N–H and O–H groups in total. The fourth-order valence-electron chi connectivity index (χ4n) is 2.25. The van der Waals surface area contributed by atoms with Crippen molar-refractivity contribution in [3.63, 3.8) is 0 Å². The van der Waals surface area contributed by atoms with Crippen LogP contribution in [0.5, 0.6) is 5.75 Å². The molecule has 0 saturated carbocycles. The van der Waals surface area contributed by atoms with Gasteiger partial charge in [-0.1, -0.05) is 34.1 Å². The van der Waals surface area contributed by atoms with E-state index < -0.39 is 0 Å². The van der Waals surface area contributed by atoms with Crippen LogP contribution in [0.15, 0.2) is 63.5 Å². The van der Waals surface area contributed by atoms with Crippen LogP contribution in [0, 0.1) is 0 Å². The average molecular weight is 374 g/mol. The minimum atomic E-state index is -0.219. The Morgan fingerprint density at radius 3 is 2.70 bits per heavy atom. The zero-order valence-electron chi connectivity index (χ0n) is 12.6. The highest BCUT2D eigenvalue weighted by Crippen LogP contribution is 2.23. The minimum Gasteiger partial charge on any atom is -0.484 e. The molecule has 1 heterocycles. The maximum atomic E-state index is 12.0. The summed E-state index contributed by atoms with van der Waals surface area (Å²) >= 11 is 3.35. The molecule has 0 radical (unpaired) electrons. The maximum absolute atomic E-state index is 12.0. The summed E-state index contributed by atoms with van der Waals surface area (Å²) in [6, 6.07) is 16.8. The number of rotatable bonds is 5. The Bertz CT molecular complexity index is 778. The molecule has 3 rings (SSSR count). The lowest BCUT2D eigenvalue weighted by Gasteiger charge is -2.12. The van der Waals surface area contributed by atoms with Gasteiger partial charge in [0, 0.05) is 9.86 Å². The molecule has 0 aliphatic carbocycles. The van der Waals surface area contributed by atoms with Crippen LogP contribution in [0.2, 0.25) is 0 Å². The summed E-state index contributed by atoms with van der Waals surface area (Å²) < 4.78 is 12.2. The number of ether oxygens (including phenoxy) is 1. The van der Waals surface area contributed by atoms with Crippen molar-refractivity contribution >= 4 is 32.8 Å². The molecule has 0 fully saturated rings. The fraction of sp³-hybridized carbons (Fsp3) is 0.167. The summed E-state index contributed by atoms with van der Waals surface area (Å²) in [5, 5.41) is 3.89. The van der Waals surface area contributed by atoms with Crippen molar-refractivity contribution in [1.82, 2.24) is 5.32 Å². The van der Waals surface area contributed by atoms with Crippen LogP contribution < -0.4 is 10.1 Å². The second-order valence-corrected chi connectivity index (χ2v) is 6.13. The number of carbonyl (C=O) groups excluding carboxylic acids is 1. The molecular formula is C18H16BrNO3. The van der Waals surface area contributed by atoms with Crippen molar-refractivity contribution in [2.75, 3.05) is 6.61 Å². The average Bonchev–Trinajstić information content (AvgIpc) is 2.98. The molecule has 3 aromatic rings. The van der Waals surface area contributed by atoms with Gasteiger partial charge in [0.2, 0.25) is 0 Å². The Balaban J connectivity index is 1.57. The van der Waals surface area contributed by atoms with Crippen molar-refractivity contribution in [2.24, 2.45) is 0 Å². The third-order valence-electron chi connectivity index (χ3n) is 3.43. The highest BCUT2D eigenvalue weighted by molar-refractivity contribution is 9.10. The van der Waals surface area contributed by atoms with Crippen LogP contribution in [0.1, 0.15) is 18.7 Å². The highest BCUT2D eigenvalue weighted by Gasteiger charge is 2.14. The van der Waals surface area contributed by atoms with Gasteiger partial charge in [-0.3, -0.25) is 4.79 Å². The second-order valence-electron chi connectivity index (χ2n) is 5.22. The Hall–Kier alpha value is -2.27. The molecule has 0 saturated heterocycles. The minimum absolute atomic E-state index is 0.0355. The molecule has 1 amide bonds. The molecule has 0 aliphatic heterocycles. The highest BCUT2D eigenvalue weighted by atomic mass is 79.9. The van der Waals surface area contributed by atoms with Crippen molar-refractivity contribution in [1.29, 1.82) is 0 Å². The van der Waals surface area contributed by atoms with Gasteiger partial charge in [-0.15, -0.1) is 0 Å².